The Morgan fingerprint density at radius 3 is 2.26 bits per heavy atom. The second-order valence-corrected chi connectivity index (χ2v) is 8.24. The zero-order valence-corrected chi connectivity index (χ0v) is 12.8. The van der Waals surface area contributed by atoms with Crippen molar-refractivity contribution in [1.82, 2.24) is 0 Å². The zero-order valence-electron chi connectivity index (χ0n) is 12.8. The van der Waals surface area contributed by atoms with E-state index in [9.17, 15) is 10.2 Å². The van der Waals surface area contributed by atoms with Gasteiger partial charge in [-0.25, -0.2) is 0 Å². The average molecular weight is 268 g/mol. The van der Waals surface area contributed by atoms with Crippen molar-refractivity contribution in [2.45, 2.75) is 77.3 Å². The first-order valence-corrected chi connectivity index (χ1v) is 7.67. The van der Waals surface area contributed by atoms with E-state index in [-0.39, 0.29) is 29.1 Å². The predicted octanol–water partition coefficient (Wildman–Crippen LogP) is 2.35. The van der Waals surface area contributed by atoms with Gasteiger partial charge in [-0.2, -0.15) is 0 Å². The van der Waals surface area contributed by atoms with Crippen molar-refractivity contribution < 1.29 is 14.9 Å². The van der Waals surface area contributed by atoms with Gasteiger partial charge in [0.1, 0.15) is 0 Å². The van der Waals surface area contributed by atoms with Crippen LogP contribution in [0, 0.1) is 23.2 Å². The maximum absolute atomic E-state index is 10.7. The molecular formula is C16H28O3. The smallest absolute Gasteiger partial charge is 0.0742 e. The number of hydrogen-bond donors (Lipinski definition) is 2. The summed E-state index contributed by atoms with van der Waals surface area (Å²) in [7, 11) is 0. The van der Waals surface area contributed by atoms with Gasteiger partial charge in [0.25, 0.3) is 0 Å². The lowest BCUT2D eigenvalue weighted by atomic mass is 9.64. The van der Waals surface area contributed by atoms with Gasteiger partial charge < -0.3 is 14.9 Å². The molecule has 2 aliphatic carbocycles. The third kappa shape index (κ3) is 1.61. The molecule has 4 aliphatic rings. The Balaban J connectivity index is 2.11. The highest BCUT2D eigenvalue weighted by Crippen LogP contribution is 2.62. The van der Waals surface area contributed by atoms with E-state index in [1.165, 1.54) is 0 Å². The molecule has 0 aromatic heterocycles. The summed E-state index contributed by atoms with van der Waals surface area (Å²) in [4.78, 5) is 0. The van der Waals surface area contributed by atoms with E-state index < -0.39 is 5.60 Å². The molecule has 4 rings (SSSR count). The normalized spacial score (nSPS) is 59.8. The predicted molar refractivity (Wildman–Crippen MR) is 73.7 cm³/mol. The highest BCUT2D eigenvalue weighted by atomic mass is 16.5. The molecule has 3 nitrogen and oxygen atoms in total. The van der Waals surface area contributed by atoms with Crippen LogP contribution in [0.3, 0.4) is 0 Å². The van der Waals surface area contributed by atoms with Crippen LogP contribution >= 0.6 is 0 Å². The van der Waals surface area contributed by atoms with Gasteiger partial charge >= 0.3 is 0 Å². The molecule has 4 fully saturated rings. The molecule has 2 heterocycles. The summed E-state index contributed by atoms with van der Waals surface area (Å²) in [5.74, 6) is 1.14. The molecule has 2 saturated carbocycles. The van der Waals surface area contributed by atoms with Crippen molar-refractivity contribution in [3.05, 3.63) is 0 Å². The molecule has 2 saturated heterocycles. The maximum atomic E-state index is 10.7. The van der Waals surface area contributed by atoms with Crippen LogP contribution in [0.5, 0.6) is 0 Å². The SMILES string of the molecule is C[C@@H]1C[C@@H](O)[C@@H]2[C@@H]1C[C@@]1(C)[C@H](O)C[C@]2(C)OC1(C)C. The summed E-state index contributed by atoms with van der Waals surface area (Å²) in [5, 5.41) is 21.2. The fourth-order valence-electron chi connectivity index (χ4n) is 5.36. The standard InChI is InChI=1S/C16H28O3/c1-9-6-11(17)13-10(9)7-15(4)12(18)8-16(13,5)19-14(15,2)3/h9-13,17-18H,6-8H2,1-5H3/t9-,10-,11-,12-,13+,15+,16+/m1/s1. The summed E-state index contributed by atoms with van der Waals surface area (Å²) in [6.07, 6.45) is 1.86. The van der Waals surface area contributed by atoms with Crippen molar-refractivity contribution in [3.63, 3.8) is 0 Å². The van der Waals surface area contributed by atoms with Crippen molar-refractivity contribution in [2.24, 2.45) is 23.2 Å². The fourth-order valence-corrected chi connectivity index (χ4v) is 5.36. The molecule has 110 valence electrons. The number of ether oxygens (including phenoxy) is 1. The lowest BCUT2D eigenvalue weighted by Gasteiger charge is -2.55. The van der Waals surface area contributed by atoms with Gasteiger partial charge in [0.05, 0.1) is 23.4 Å². The minimum Gasteiger partial charge on any atom is -0.393 e. The van der Waals surface area contributed by atoms with Crippen molar-refractivity contribution >= 4 is 0 Å². The Kier molecular flexibility index (Phi) is 2.73. The van der Waals surface area contributed by atoms with Crippen LogP contribution < -0.4 is 0 Å². The van der Waals surface area contributed by atoms with Crippen LogP contribution in [-0.4, -0.2) is 33.6 Å². The van der Waals surface area contributed by atoms with Gasteiger partial charge in [-0.15, -0.1) is 0 Å². The third-order valence-corrected chi connectivity index (χ3v) is 6.78. The van der Waals surface area contributed by atoms with E-state index in [1.54, 1.807) is 0 Å². The van der Waals surface area contributed by atoms with E-state index in [4.69, 9.17) is 4.74 Å². The zero-order chi connectivity index (χ0) is 14.2. The van der Waals surface area contributed by atoms with E-state index in [0.29, 0.717) is 18.3 Å². The highest BCUT2D eigenvalue weighted by Gasteiger charge is 2.66. The summed E-state index contributed by atoms with van der Waals surface area (Å²) in [5.41, 5.74) is -0.957. The molecule has 2 bridgehead atoms. The van der Waals surface area contributed by atoms with E-state index >= 15 is 0 Å². The van der Waals surface area contributed by atoms with Crippen LogP contribution in [0.25, 0.3) is 0 Å². The first-order chi connectivity index (χ1) is 8.61. The third-order valence-electron chi connectivity index (χ3n) is 6.78. The summed E-state index contributed by atoms with van der Waals surface area (Å²) in [6.45, 7) is 10.7. The van der Waals surface area contributed by atoms with Crippen LogP contribution in [0.2, 0.25) is 0 Å². The van der Waals surface area contributed by atoms with E-state index in [0.717, 1.165) is 12.8 Å². The first kappa shape index (κ1) is 13.8. The van der Waals surface area contributed by atoms with Gasteiger partial charge in [0, 0.05) is 17.8 Å². The molecular weight excluding hydrogens is 240 g/mol. The van der Waals surface area contributed by atoms with Crippen molar-refractivity contribution in [3.8, 4) is 0 Å². The van der Waals surface area contributed by atoms with Gasteiger partial charge in [-0.1, -0.05) is 13.8 Å². The number of aliphatic hydroxyl groups is 2. The summed E-state index contributed by atoms with van der Waals surface area (Å²) < 4.78 is 6.47. The number of hydrogen-bond acceptors (Lipinski definition) is 3. The Hall–Kier alpha value is -0.120. The average Bonchev–Trinajstić information content (AvgIpc) is 2.42. The number of rotatable bonds is 0. The number of aliphatic hydroxyl groups excluding tert-OH is 2. The first-order valence-electron chi connectivity index (χ1n) is 7.67. The minimum absolute atomic E-state index is 0.167. The van der Waals surface area contributed by atoms with Gasteiger partial charge in [0.2, 0.25) is 0 Å². The molecule has 2 N–H and O–H groups in total. The minimum atomic E-state index is -0.395. The Morgan fingerprint density at radius 2 is 1.68 bits per heavy atom. The molecule has 7 atom stereocenters. The van der Waals surface area contributed by atoms with E-state index in [2.05, 4.69) is 34.6 Å². The van der Waals surface area contributed by atoms with Crippen LogP contribution in [0.15, 0.2) is 0 Å². The Morgan fingerprint density at radius 1 is 1.05 bits per heavy atom. The van der Waals surface area contributed by atoms with Crippen LogP contribution in [0.1, 0.15) is 53.9 Å². The van der Waals surface area contributed by atoms with Gasteiger partial charge in [-0.05, 0) is 45.4 Å². The monoisotopic (exact) mass is 268 g/mol. The Labute approximate surface area is 116 Å². The highest BCUT2D eigenvalue weighted by molar-refractivity contribution is 5.15. The largest absolute Gasteiger partial charge is 0.393 e. The second-order valence-electron chi connectivity index (χ2n) is 8.24. The summed E-state index contributed by atoms with van der Waals surface area (Å²) >= 11 is 0. The lowest BCUT2D eigenvalue weighted by molar-refractivity contribution is -0.268. The fraction of sp³-hybridized carbons (Fsp3) is 1.00. The number of fused-ring (bicyclic) bond motifs is 2. The van der Waals surface area contributed by atoms with Gasteiger partial charge in [-0.3, -0.25) is 0 Å². The lowest BCUT2D eigenvalue weighted by Crippen LogP contribution is -2.61. The van der Waals surface area contributed by atoms with Crippen LogP contribution in [-0.2, 0) is 4.74 Å². The van der Waals surface area contributed by atoms with Crippen molar-refractivity contribution in [2.75, 3.05) is 0 Å². The molecule has 0 spiro atoms. The second kappa shape index (κ2) is 3.75. The molecule has 3 heteroatoms. The van der Waals surface area contributed by atoms with Crippen LogP contribution in [0.4, 0.5) is 0 Å². The molecule has 0 amide bonds. The topological polar surface area (TPSA) is 49.7 Å². The molecule has 19 heavy (non-hydrogen) atoms. The van der Waals surface area contributed by atoms with Crippen molar-refractivity contribution in [1.29, 1.82) is 0 Å². The Bertz CT molecular complexity index is 393. The quantitative estimate of drug-likeness (QED) is 0.709. The molecule has 0 radical (unpaired) electrons. The molecule has 2 aliphatic heterocycles. The molecule has 0 aromatic rings. The van der Waals surface area contributed by atoms with E-state index in [1.807, 2.05) is 0 Å². The summed E-state index contributed by atoms with van der Waals surface area (Å²) in [6, 6.07) is 0. The molecule has 0 unspecified atom stereocenters. The maximum Gasteiger partial charge on any atom is 0.0742 e. The van der Waals surface area contributed by atoms with Gasteiger partial charge in [0.15, 0.2) is 0 Å². The molecule has 0 aromatic carbocycles.